The summed E-state index contributed by atoms with van der Waals surface area (Å²) in [6, 6.07) is 9.32. The fraction of sp³-hybridized carbons (Fsp3) is 0.652. The molecule has 6 nitrogen and oxygen atoms in total. The minimum absolute atomic E-state index is 0.225. The lowest BCUT2D eigenvalue weighted by Gasteiger charge is -2.30. The quantitative estimate of drug-likeness (QED) is 0.358. The van der Waals surface area contributed by atoms with Gasteiger partial charge < -0.3 is 15.5 Å². The van der Waals surface area contributed by atoms with Crippen LogP contribution in [-0.2, 0) is 11.3 Å². The number of hydrogen-bond acceptors (Lipinski definition) is 3. The topological polar surface area (TPSA) is 60.0 Å². The molecule has 0 radical (unpaired) electrons. The lowest BCUT2D eigenvalue weighted by molar-refractivity contribution is -0.117. The average molecular weight is 402 g/mol. The predicted molar refractivity (Wildman–Crippen MR) is 122 cm³/mol. The number of carbonyl (C=O) groups is 1. The Morgan fingerprint density at radius 2 is 1.83 bits per heavy atom. The first-order valence-electron chi connectivity index (χ1n) is 11.1. The second kappa shape index (κ2) is 11.8. The third-order valence-electron chi connectivity index (χ3n) is 5.30. The molecule has 0 atom stereocenters. The maximum atomic E-state index is 11.9. The van der Waals surface area contributed by atoms with Crippen LogP contribution in [0.15, 0.2) is 29.3 Å². The molecule has 1 aromatic rings. The largest absolute Gasteiger partial charge is 0.357 e. The van der Waals surface area contributed by atoms with Gasteiger partial charge in [-0.15, -0.1) is 0 Å². The van der Waals surface area contributed by atoms with Crippen LogP contribution in [0, 0.1) is 0 Å². The first-order chi connectivity index (χ1) is 13.9. The Balaban J connectivity index is 1.84. The van der Waals surface area contributed by atoms with Crippen molar-refractivity contribution in [2.75, 3.05) is 31.1 Å². The van der Waals surface area contributed by atoms with Gasteiger partial charge in [-0.25, -0.2) is 4.99 Å². The van der Waals surface area contributed by atoms with Crippen LogP contribution in [0.3, 0.4) is 0 Å². The van der Waals surface area contributed by atoms with Crippen LogP contribution in [0.4, 0.5) is 5.69 Å². The van der Waals surface area contributed by atoms with Crippen molar-refractivity contribution in [1.29, 1.82) is 0 Å². The van der Waals surface area contributed by atoms with E-state index in [2.05, 4.69) is 62.3 Å². The Morgan fingerprint density at radius 1 is 1.14 bits per heavy atom. The van der Waals surface area contributed by atoms with E-state index < -0.39 is 0 Å². The lowest BCUT2D eigenvalue weighted by Crippen LogP contribution is -2.41. The molecule has 29 heavy (non-hydrogen) atoms. The zero-order chi connectivity index (χ0) is 21.2. The van der Waals surface area contributed by atoms with Crippen molar-refractivity contribution in [3.63, 3.8) is 0 Å². The molecule has 2 N–H and O–H groups in total. The van der Waals surface area contributed by atoms with E-state index in [9.17, 15) is 4.79 Å². The molecule has 0 unspecified atom stereocenters. The molecule has 2 rings (SSSR count). The summed E-state index contributed by atoms with van der Waals surface area (Å²) in [5, 5.41) is 6.77. The first kappa shape index (κ1) is 23.2. The molecule has 0 aromatic heterocycles. The van der Waals surface area contributed by atoms with Crippen LogP contribution in [-0.4, -0.2) is 55.0 Å². The van der Waals surface area contributed by atoms with Crippen molar-refractivity contribution in [3.8, 4) is 0 Å². The molecular weight excluding hydrogens is 362 g/mol. The van der Waals surface area contributed by atoms with E-state index in [1.807, 2.05) is 17.0 Å². The van der Waals surface area contributed by atoms with Crippen molar-refractivity contribution in [2.45, 2.75) is 72.5 Å². The van der Waals surface area contributed by atoms with Crippen LogP contribution < -0.4 is 15.5 Å². The Kier molecular flexibility index (Phi) is 9.45. The normalized spacial score (nSPS) is 15.1. The van der Waals surface area contributed by atoms with Gasteiger partial charge in [0.05, 0.1) is 6.54 Å². The highest BCUT2D eigenvalue weighted by atomic mass is 16.2. The van der Waals surface area contributed by atoms with Crippen LogP contribution in [0.2, 0.25) is 0 Å². The third-order valence-corrected chi connectivity index (χ3v) is 5.30. The summed E-state index contributed by atoms with van der Waals surface area (Å²) in [5.74, 6) is 1.08. The highest BCUT2D eigenvalue weighted by Crippen LogP contribution is 2.21. The molecule has 0 spiro atoms. The second-order valence-corrected chi connectivity index (χ2v) is 8.22. The number of carbonyl (C=O) groups excluding carboxylic acids is 1. The number of amides is 1. The fourth-order valence-corrected chi connectivity index (χ4v) is 3.80. The maximum absolute atomic E-state index is 11.9. The summed E-state index contributed by atoms with van der Waals surface area (Å²) in [6.45, 7) is 15.4. The first-order valence-corrected chi connectivity index (χ1v) is 11.1. The Bertz CT molecular complexity index is 646. The molecule has 1 heterocycles. The molecule has 0 bridgehead atoms. The van der Waals surface area contributed by atoms with E-state index in [1.165, 1.54) is 0 Å². The SMILES string of the molecule is CCNC(=NCc1ccc(N2CCCC2=O)cc1)NCCCN(C(C)C)C(C)C. The summed E-state index contributed by atoms with van der Waals surface area (Å²) in [4.78, 5) is 21.0. The summed E-state index contributed by atoms with van der Waals surface area (Å²) < 4.78 is 0. The highest BCUT2D eigenvalue weighted by Gasteiger charge is 2.21. The van der Waals surface area contributed by atoms with Gasteiger partial charge in [-0.1, -0.05) is 12.1 Å². The van der Waals surface area contributed by atoms with Crippen molar-refractivity contribution in [2.24, 2.45) is 4.99 Å². The van der Waals surface area contributed by atoms with Gasteiger partial charge in [0, 0.05) is 50.4 Å². The number of rotatable bonds is 10. The fourth-order valence-electron chi connectivity index (χ4n) is 3.80. The molecular formula is C23H39N5O. The minimum atomic E-state index is 0.225. The van der Waals surface area contributed by atoms with Gasteiger partial charge >= 0.3 is 0 Å². The van der Waals surface area contributed by atoms with E-state index in [-0.39, 0.29) is 5.91 Å². The molecule has 0 saturated carbocycles. The summed E-state index contributed by atoms with van der Waals surface area (Å²) in [7, 11) is 0. The minimum Gasteiger partial charge on any atom is -0.357 e. The van der Waals surface area contributed by atoms with Gasteiger partial charge in [0.15, 0.2) is 5.96 Å². The molecule has 6 heteroatoms. The van der Waals surface area contributed by atoms with E-state index in [0.717, 1.165) is 56.2 Å². The smallest absolute Gasteiger partial charge is 0.227 e. The number of aliphatic imine (C=N–C) groups is 1. The number of benzene rings is 1. The van der Waals surface area contributed by atoms with Crippen LogP contribution in [0.1, 0.15) is 59.4 Å². The van der Waals surface area contributed by atoms with Crippen molar-refractivity contribution in [1.82, 2.24) is 15.5 Å². The summed E-state index contributed by atoms with van der Waals surface area (Å²) in [6.07, 6.45) is 2.70. The van der Waals surface area contributed by atoms with Gasteiger partial charge in [-0.05, 0) is 65.2 Å². The van der Waals surface area contributed by atoms with Gasteiger partial charge in [0.2, 0.25) is 5.91 Å². The lowest BCUT2D eigenvalue weighted by atomic mass is 10.2. The molecule has 1 saturated heterocycles. The molecule has 1 aliphatic rings. The van der Waals surface area contributed by atoms with Crippen LogP contribution >= 0.6 is 0 Å². The van der Waals surface area contributed by atoms with E-state index in [1.54, 1.807) is 0 Å². The Labute approximate surface area is 176 Å². The van der Waals surface area contributed by atoms with E-state index >= 15 is 0 Å². The Hall–Kier alpha value is -2.08. The van der Waals surface area contributed by atoms with Gasteiger partial charge in [0.1, 0.15) is 0 Å². The van der Waals surface area contributed by atoms with Crippen LogP contribution in [0.25, 0.3) is 0 Å². The number of nitrogens with one attached hydrogen (secondary N) is 2. The molecule has 1 aromatic carbocycles. The molecule has 0 aliphatic carbocycles. The molecule has 1 amide bonds. The number of guanidine groups is 1. The number of nitrogens with zero attached hydrogens (tertiary/aromatic N) is 3. The zero-order valence-corrected chi connectivity index (χ0v) is 18.9. The van der Waals surface area contributed by atoms with E-state index in [0.29, 0.717) is 25.0 Å². The van der Waals surface area contributed by atoms with Gasteiger partial charge in [-0.2, -0.15) is 0 Å². The predicted octanol–water partition coefficient (Wildman–Crippen LogP) is 3.38. The van der Waals surface area contributed by atoms with Crippen molar-refractivity contribution < 1.29 is 4.79 Å². The maximum Gasteiger partial charge on any atom is 0.227 e. The highest BCUT2D eigenvalue weighted by molar-refractivity contribution is 5.95. The van der Waals surface area contributed by atoms with Crippen molar-refractivity contribution in [3.05, 3.63) is 29.8 Å². The standard InChI is InChI=1S/C23H39N5O/c1-6-24-23(25-14-8-16-27(18(2)3)19(4)5)26-17-20-10-12-21(13-11-20)28-15-7-9-22(28)29/h10-13,18-19H,6-9,14-17H2,1-5H3,(H2,24,25,26). The van der Waals surface area contributed by atoms with Crippen molar-refractivity contribution >= 4 is 17.6 Å². The Morgan fingerprint density at radius 3 is 2.38 bits per heavy atom. The molecule has 1 aliphatic heterocycles. The zero-order valence-electron chi connectivity index (χ0n) is 18.9. The third kappa shape index (κ3) is 7.35. The van der Waals surface area contributed by atoms with Crippen LogP contribution in [0.5, 0.6) is 0 Å². The van der Waals surface area contributed by atoms with Gasteiger partial charge in [0.25, 0.3) is 0 Å². The van der Waals surface area contributed by atoms with Gasteiger partial charge in [-0.3, -0.25) is 9.69 Å². The molecule has 1 fully saturated rings. The molecule has 162 valence electrons. The number of anilines is 1. The van der Waals surface area contributed by atoms with E-state index in [4.69, 9.17) is 4.99 Å². The summed E-state index contributed by atoms with van der Waals surface area (Å²) >= 11 is 0. The monoisotopic (exact) mass is 401 g/mol. The average Bonchev–Trinajstić information content (AvgIpc) is 3.11. The second-order valence-electron chi connectivity index (χ2n) is 8.22. The number of hydrogen-bond donors (Lipinski definition) is 2. The summed E-state index contributed by atoms with van der Waals surface area (Å²) in [5.41, 5.74) is 2.13.